The zero-order valence-electron chi connectivity index (χ0n) is 12.6. The molecule has 1 aromatic carbocycles. The maximum atomic E-state index is 12.1. The molecule has 1 rings (SSSR count). The number of likely N-dealkylation sites (N-methyl/N-ethyl adjacent to an activating group) is 1. The van der Waals surface area contributed by atoms with E-state index in [0.29, 0.717) is 23.5 Å². The van der Waals surface area contributed by atoms with Crippen molar-refractivity contribution in [1.29, 1.82) is 0 Å². The number of nitrogen functional groups attached to an aromatic ring is 1. The van der Waals surface area contributed by atoms with E-state index in [2.05, 4.69) is 24.1 Å². The van der Waals surface area contributed by atoms with Gasteiger partial charge in [-0.3, -0.25) is 4.79 Å². The van der Waals surface area contributed by atoms with Crippen molar-refractivity contribution in [3.63, 3.8) is 0 Å². The van der Waals surface area contributed by atoms with Crippen LogP contribution in [-0.2, 0) is 0 Å². The molecule has 0 saturated heterocycles. The van der Waals surface area contributed by atoms with E-state index >= 15 is 0 Å². The van der Waals surface area contributed by atoms with Crippen molar-refractivity contribution in [2.75, 3.05) is 39.0 Å². The summed E-state index contributed by atoms with van der Waals surface area (Å²) in [7, 11) is 1.52. The first-order chi connectivity index (χ1) is 9.63. The van der Waals surface area contributed by atoms with Crippen LogP contribution in [0.5, 0.6) is 5.75 Å². The number of nitrogens with zero attached hydrogens (tertiary/aromatic N) is 1. The highest BCUT2D eigenvalue weighted by Gasteiger charge is 2.14. The molecule has 1 amide bonds. The number of carbonyl (C=O) groups excluding carboxylic acids is 1. The molecule has 1 aromatic rings. The van der Waals surface area contributed by atoms with Gasteiger partial charge in [0, 0.05) is 13.1 Å². The molecule has 0 aliphatic heterocycles. The Hall–Kier alpha value is -1.75. The highest BCUT2D eigenvalue weighted by Crippen LogP contribution is 2.25. The molecule has 0 bridgehead atoms. The van der Waals surface area contributed by atoms with Gasteiger partial charge in [-0.1, -0.05) is 19.9 Å². The number of nitrogens with two attached hydrogens (primary N) is 1. The zero-order valence-corrected chi connectivity index (χ0v) is 12.6. The number of carbonyl (C=O) groups is 1. The minimum absolute atomic E-state index is 0.151. The molecule has 0 fully saturated rings. The van der Waals surface area contributed by atoms with E-state index < -0.39 is 0 Å². The molecule has 0 spiro atoms. The standard InChI is InChI=1S/C15H25N3O2/c1-4-10-18(5-2)11-9-17-15(19)12-7-6-8-13(16)14(12)20-3/h6-8H,4-5,9-11,16H2,1-3H3,(H,17,19). The number of nitrogens with one attached hydrogen (secondary N) is 1. The van der Waals surface area contributed by atoms with Crippen LogP contribution in [0.2, 0.25) is 0 Å². The quantitative estimate of drug-likeness (QED) is 0.711. The van der Waals surface area contributed by atoms with Gasteiger partial charge in [-0.15, -0.1) is 0 Å². The van der Waals surface area contributed by atoms with E-state index in [1.165, 1.54) is 7.11 Å². The number of anilines is 1. The monoisotopic (exact) mass is 279 g/mol. The lowest BCUT2D eigenvalue weighted by molar-refractivity contribution is 0.0945. The van der Waals surface area contributed by atoms with Gasteiger partial charge in [0.05, 0.1) is 18.4 Å². The Morgan fingerprint density at radius 2 is 2.10 bits per heavy atom. The fourth-order valence-electron chi connectivity index (χ4n) is 2.13. The van der Waals surface area contributed by atoms with Crippen LogP contribution < -0.4 is 15.8 Å². The number of hydrogen-bond donors (Lipinski definition) is 2. The molecule has 0 aromatic heterocycles. The average molecular weight is 279 g/mol. The van der Waals surface area contributed by atoms with Gasteiger partial charge < -0.3 is 20.7 Å². The van der Waals surface area contributed by atoms with Crippen LogP contribution in [0.15, 0.2) is 18.2 Å². The minimum Gasteiger partial charge on any atom is -0.494 e. The number of amides is 1. The Morgan fingerprint density at radius 1 is 1.35 bits per heavy atom. The van der Waals surface area contributed by atoms with E-state index in [1.807, 2.05) is 0 Å². The van der Waals surface area contributed by atoms with Gasteiger partial charge in [0.2, 0.25) is 0 Å². The molecule has 5 nitrogen and oxygen atoms in total. The third-order valence-electron chi connectivity index (χ3n) is 3.19. The summed E-state index contributed by atoms with van der Waals surface area (Å²) in [4.78, 5) is 14.4. The summed E-state index contributed by atoms with van der Waals surface area (Å²) in [5.74, 6) is 0.285. The molecule has 112 valence electrons. The van der Waals surface area contributed by atoms with Crippen molar-refractivity contribution in [2.24, 2.45) is 0 Å². The highest BCUT2D eigenvalue weighted by molar-refractivity contribution is 5.98. The SMILES string of the molecule is CCCN(CC)CCNC(=O)c1cccc(N)c1OC. The Bertz CT molecular complexity index is 435. The van der Waals surface area contributed by atoms with Crippen molar-refractivity contribution in [1.82, 2.24) is 10.2 Å². The van der Waals surface area contributed by atoms with E-state index in [0.717, 1.165) is 26.1 Å². The maximum Gasteiger partial charge on any atom is 0.255 e. The van der Waals surface area contributed by atoms with Gasteiger partial charge in [-0.05, 0) is 31.6 Å². The zero-order chi connectivity index (χ0) is 15.0. The first kappa shape index (κ1) is 16.3. The Kier molecular flexibility index (Phi) is 6.87. The van der Waals surface area contributed by atoms with Gasteiger partial charge in [0.15, 0.2) is 5.75 Å². The number of methoxy groups -OCH3 is 1. The normalized spacial score (nSPS) is 10.6. The molecule has 0 unspecified atom stereocenters. The molecule has 0 aliphatic carbocycles. The molecular weight excluding hydrogens is 254 g/mol. The Labute approximate surface area is 121 Å². The highest BCUT2D eigenvalue weighted by atomic mass is 16.5. The average Bonchev–Trinajstić information content (AvgIpc) is 2.45. The smallest absolute Gasteiger partial charge is 0.255 e. The van der Waals surface area contributed by atoms with Gasteiger partial charge >= 0.3 is 0 Å². The molecule has 0 radical (unpaired) electrons. The fraction of sp³-hybridized carbons (Fsp3) is 0.533. The van der Waals surface area contributed by atoms with E-state index in [4.69, 9.17) is 10.5 Å². The largest absolute Gasteiger partial charge is 0.494 e. The Balaban J connectivity index is 2.57. The topological polar surface area (TPSA) is 67.6 Å². The molecule has 20 heavy (non-hydrogen) atoms. The number of rotatable bonds is 8. The first-order valence-electron chi connectivity index (χ1n) is 7.07. The maximum absolute atomic E-state index is 12.1. The second-order valence-corrected chi connectivity index (χ2v) is 4.62. The van der Waals surface area contributed by atoms with E-state index in [1.54, 1.807) is 18.2 Å². The summed E-state index contributed by atoms with van der Waals surface area (Å²) in [5, 5.41) is 2.91. The van der Waals surface area contributed by atoms with Gasteiger partial charge in [-0.2, -0.15) is 0 Å². The third-order valence-corrected chi connectivity index (χ3v) is 3.19. The summed E-state index contributed by atoms with van der Waals surface area (Å²) in [6.07, 6.45) is 1.12. The van der Waals surface area contributed by atoms with Crippen LogP contribution in [-0.4, -0.2) is 44.1 Å². The number of para-hydroxylation sites is 1. The fourth-order valence-corrected chi connectivity index (χ4v) is 2.13. The first-order valence-corrected chi connectivity index (χ1v) is 7.07. The summed E-state index contributed by atoms with van der Waals surface area (Å²) in [6.45, 7) is 7.78. The van der Waals surface area contributed by atoms with Crippen LogP contribution in [0, 0.1) is 0 Å². The molecule has 0 atom stereocenters. The lowest BCUT2D eigenvalue weighted by Gasteiger charge is -2.19. The second kappa shape index (κ2) is 8.43. The van der Waals surface area contributed by atoms with Gasteiger partial charge in [-0.25, -0.2) is 0 Å². The predicted molar refractivity (Wildman–Crippen MR) is 82.1 cm³/mol. The van der Waals surface area contributed by atoms with Crippen LogP contribution >= 0.6 is 0 Å². The van der Waals surface area contributed by atoms with Crippen LogP contribution in [0.3, 0.4) is 0 Å². The van der Waals surface area contributed by atoms with E-state index in [-0.39, 0.29) is 5.91 Å². The number of hydrogen-bond acceptors (Lipinski definition) is 4. The van der Waals surface area contributed by atoms with Crippen molar-refractivity contribution in [2.45, 2.75) is 20.3 Å². The number of ether oxygens (including phenoxy) is 1. The second-order valence-electron chi connectivity index (χ2n) is 4.62. The predicted octanol–water partition coefficient (Wildman–Crippen LogP) is 1.74. The lowest BCUT2D eigenvalue weighted by Crippen LogP contribution is -2.35. The lowest BCUT2D eigenvalue weighted by atomic mass is 10.1. The van der Waals surface area contributed by atoms with Crippen LogP contribution in [0.4, 0.5) is 5.69 Å². The summed E-state index contributed by atoms with van der Waals surface area (Å²) in [6, 6.07) is 5.19. The van der Waals surface area contributed by atoms with Crippen molar-refractivity contribution >= 4 is 11.6 Å². The Morgan fingerprint density at radius 3 is 2.70 bits per heavy atom. The van der Waals surface area contributed by atoms with Crippen molar-refractivity contribution in [3.8, 4) is 5.75 Å². The van der Waals surface area contributed by atoms with Gasteiger partial charge in [0.1, 0.15) is 0 Å². The molecule has 0 saturated carbocycles. The van der Waals surface area contributed by atoms with Gasteiger partial charge in [0.25, 0.3) is 5.91 Å². The summed E-state index contributed by atoms with van der Waals surface area (Å²) < 4.78 is 5.19. The molecule has 0 aliphatic rings. The summed E-state index contributed by atoms with van der Waals surface area (Å²) >= 11 is 0. The molecule has 3 N–H and O–H groups in total. The van der Waals surface area contributed by atoms with Crippen molar-refractivity contribution < 1.29 is 9.53 Å². The minimum atomic E-state index is -0.151. The third kappa shape index (κ3) is 4.42. The van der Waals surface area contributed by atoms with Crippen LogP contribution in [0.1, 0.15) is 30.6 Å². The molecule has 5 heteroatoms. The molecular formula is C15H25N3O2. The van der Waals surface area contributed by atoms with E-state index in [9.17, 15) is 4.79 Å². The molecule has 0 heterocycles. The van der Waals surface area contributed by atoms with Crippen LogP contribution in [0.25, 0.3) is 0 Å². The van der Waals surface area contributed by atoms with Crippen molar-refractivity contribution in [3.05, 3.63) is 23.8 Å². The summed E-state index contributed by atoms with van der Waals surface area (Å²) in [5.41, 5.74) is 6.75. The number of benzene rings is 1.